The van der Waals surface area contributed by atoms with Gasteiger partial charge in [-0.15, -0.1) is 0 Å². The van der Waals surface area contributed by atoms with Crippen LogP contribution in [0.4, 0.5) is 0 Å². The summed E-state index contributed by atoms with van der Waals surface area (Å²) in [7, 11) is 0. The fourth-order valence-electron chi connectivity index (χ4n) is 2.22. The molecule has 18 heavy (non-hydrogen) atoms. The summed E-state index contributed by atoms with van der Waals surface area (Å²) in [5.41, 5.74) is 3.65. The van der Waals surface area contributed by atoms with Crippen LogP contribution in [0, 0.1) is 0 Å². The largest absolute Gasteiger partial charge is 0.393 e. The first kappa shape index (κ1) is 12.8. The fourth-order valence-corrected chi connectivity index (χ4v) is 2.22. The van der Waals surface area contributed by atoms with E-state index >= 15 is 0 Å². The van der Waals surface area contributed by atoms with Gasteiger partial charge in [-0.1, -0.05) is 67.9 Å². The zero-order valence-corrected chi connectivity index (χ0v) is 10.8. The molecule has 0 bridgehead atoms. The predicted octanol–water partition coefficient (Wildman–Crippen LogP) is 4.06. The van der Waals surface area contributed by atoms with Gasteiger partial charge in [0.25, 0.3) is 0 Å². The van der Waals surface area contributed by atoms with E-state index in [1.165, 1.54) is 16.7 Å². The molecule has 1 nitrogen and oxygen atoms in total. The topological polar surface area (TPSA) is 20.2 Å². The van der Waals surface area contributed by atoms with Crippen LogP contribution in [0.25, 0.3) is 11.1 Å². The van der Waals surface area contributed by atoms with Crippen LogP contribution in [-0.4, -0.2) is 11.2 Å². The monoisotopic (exact) mass is 240 g/mol. The highest BCUT2D eigenvalue weighted by molar-refractivity contribution is 5.63. The maximum Gasteiger partial charge on any atom is 0.0580 e. The summed E-state index contributed by atoms with van der Waals surface area (Å²) >= 11 is 0. The molecule has 1 unspecified atom stereocenters. The van der Waals surface area contributed by atoms with Crippen molar-refractivity contribution in [2.24, 2.45) is 0 Å². The molecular formula is C17H20O. The van der Waals surface area contributed by atoms with E-state index < -0.39 is 0 Å². The minimum Gasteiger partial charge on any atom is -0.393 e. The summed E-state index contributed by atoms with van der Waals surface area (Å²) in [5.74, 6) is 0. The molecule has 0 fully saturated rings. The molecule has 0 aromatic heterocycles. The lowest BCUT2D eigenvalue weighted by Crippen LogP contribution is -2.09. The number of aliphatic hydroxyl groups is 1. The second kappa shape index (κ2) is 6.36. The van der Waals surface area contributed by atoms with Crippen molar-refractivity contribution in [2.75, 3.05) is 0 Å². The molecule has 1 N–H and O–H groups in total. The SMILES string of the molecule is CCCC(O)Cc1cccc(-c2ccccc2)c1. The normalized spacial score (nSPS) is 12.3. The van der Waals surface area contributed by atoms with Crippen LogP contribution in [0.1, 0.15) is 25.3 Å². The van der Waals surface area contributed by atoms with Gasteiger partial charge < -0.3 is 5.11 Å². The van der Waals surface area contributed by atoms with Gasteiger partial charge in [0.2, 0.25) is 0 Å². The van der Waals surface area contributed by atoms with Crippen LogP contribution in [-0.2, 0) is 6.42 Å². The molecule has 1 atom stereocenters. The van der Waals surface area contributed by atoms with E-state index in [2.05, 4.69) is 43.3 Å². The molecule has 0 aliphatic heterocycles. The maximum atomic E-state index is 9.86. The van der Waals surface area contributed by atoms with Gasteiger partial charge in [0, 0.05) is 0 Å². The van der Waals surface area contributed by atoms with Gasteiger partial charge in [-0.3, -0.25) is 0 Å². The van der Waals surface area contributed by atoms with Gasteiger partial charge in [-0.2, -0.15) is 0 Å². The van der Waals surface area contributed by atoms with Crippen LogP contribution in [0.3, 0.4) is 0 Å². The van der Waals surface area contributed by atoms with Gasteiger partial charge in [-0.25, -0.2) is 0 Å². The van der Waals surface area contributed by atoms with Crippen LogP contribution in [0.5, 0.6) is 0 Å². The lowest BCUT2D eigenvalue weighted by Gasteiger charge is -2.10. The Bertz CT molecular complexity index is 476. The number of hydrogen-bond donors (Lipinski definition) is 1. The second-order valence-corrected chi connectivity index (χ2v) is 4.71. The van der Waals surface area contributed by atoms with Crippen molar-refractivity contribution in [2.45, 2.75) is 32.3 Å². The summed E-state index contributed by atoms with van der Waals surface area (Å²) in [6.07, 6.45) is 2.42. The Kier molecular flexibility index (Phi) is 4.54. The van der Waals surface area contributed by atoms with E-state index in [0.29, 0.717) is 0 Å². The minimum atomic E-state index is -0.221. The van der Waals surface area contributed by atoms with Crippen molar-refractivity contribution in [1.82, 2.24) is 0 Å². The van der Waals surface area contributed by atoms with E-state index in [-0.39, 0.29) is 6.10 Å². The van der Waals surface area contributed by atoms with Gasteiger partial charge in [0.05, 0.1) is 6.10 Å². The molecule has 2 aromatic rings. The second-order valence-electron chi connectivity index (χ2n) is 4.71. The average molecular weight is 240 g/mol. The van der Waals surface area contributed by atoms with E-state index in [0.717, 1.165) is 19.3 Å². The molecule has 0 aliphatic carbocycles. The summed E-state index contributed by atoms with van der Waals surface area (Å²) < 4.78 is 0. The summed E-state index contributed by atoms with van der Waals surface area (Å²) in [6, 6.07) is 18.8. The van der Waals surface area contributed by atoms with E-state index in [1.807, 2.05) is 18.2 Å². The van der Waals surface area contributed by atoms with Crippen molar-refractivity contribution < 1.29 is 5.11 Å². The number of benzene rings is 2. The highest BCUT2D eigenvalue weighted by atomic mass is 16.3. The number of rotatable bonds is 5. The van der Waals surface area contributed by atoms with Crippen molar-refractivity contribution in [1.29, 1.82) is 0 Å². The first-order valence-corrected chi connectivity index (χ1v) is 6.62. The van der Waals surface area contributed by atoms with E-state index in [1.54, 1.807) is 0 Å². The molecule has 1 heteroatoms. The van der Waals surface area contributed by atoms with Crippen LogP contribution in [0.15, 0.2) is 54.6 Å². The van der Waals surface area contributed by atoms with Crippen LogP contribution in [0.2, 0.25) is 0 Å². The Morgan fingerprint density at radius 1 is 0.944 bits per heavy atom. The highest BCUT2D eigenvalue weighted by Gasteiger charge is 2.05. The van der Waals surface area contributed by atoms with Crippen molar-refractivity contribution in [3.8, 4) is 11.1 Å². The predicted molar refractivity (Wildman–Crippen MR) is 76.5 cm³/mol. The first-order valence-electron chi connectivity index (χ1n) is 6.62. The lowest BCUT2D eigenvalue weighted by atomic mass is 9.99. The minimum absolute atomic E-state index is 0.221. The first-order chi connectivity index (χ1) is 8.79. The highest BCUT2D eigenvalue weighted by Crippen LogP contribution is 2.21. The molecule has 2 rings (SSSR count). The molecule has 0 saturated heterocycles. The Balaban J connectivity index is 2.15. The third-order valence-corrected chi connectivity index (χ3v) is 3.13. The standard InChI is InChI=1S/C17H20O/c1-2-7-17(18)13-14-8-6-11-16(12-14)15-9-4-3-5-10-15/h3-6,8-12,17-18H,2,7,13H2,1H3. The Hall–Kier alpha value is -1.60. The Morgan fingerprint density at radius 2 is 1.67 bits per heavy atom. The van der Waals surface area contributed by atoms with Crippen LogP contribution >= 0.6 is 0 Å². The molecule has 0 aliphatic rings. The molecule has 94 valence electrons. The summed E-state index contributed by atoms with van der Waals surface area (Å²) in [6.45, 7) is 2.10. The quantitative estimate of drug-likeness (QED) is 0.835. The summed E-state index contributed by atoms with van der Waals surface area (Å²) in [4.78, 5) is 0. The van der Waals surface area contributed by atoms with Crippen molar-refractivity contribution in [3.63, 3.8) is 0 Å². The Morgan fingerprint density at radius 3 is 2.39 bits per heavy atom. The van der Waals surface area contributed by atoms with Gasteiger partial charge in [0.1, 0.15) is 0 Å². The molecule has 0 spiro atoms. The zero-order valence-electron chi connectivity index (χ0n) is 10.8. The molecule has 0 radical (unpaired) electrons. The van der Waals surface area contributed by atoms with Crippen LogP contribution < -0.4 is 0 Å². The van der Waals surface area contributed by atoms with Gasteiger partial charge in [0.15, 0.2) is 0 Å². The molecular weight excluding hydrogens is 220 g/mol. The summed E-state index contributed by atoms with van der Waals surface area (Å²) in [5, 5.41) is 9.86. The van der Waals surface area contributed by atoms with Gasteiger partial charge >= 0.3 is 0 Å². The average Bonchev–Trinajstić information content (AvgIpc) is 2.40. The number of hydrogen-bond acceptors (Lipinski definition) is 1. The third-order valence-electron chi connectivity index (χ3n) is 3.13. The fraction of sp³-hybridized carbons (Fsp3) is 0.294. The maximum absolute atomic E-state index is 9.86. The molecule has 0 saturated carbocycles. The van der Waals surface area contributed by atoms with Crippen molar-refractivity contribution in [3.05, 3.63) is 60.2 Å². The Labute approximate surface area is 109 Å². The molecule has 0 heterocycles. The molecule has 0 amide bonds. The zero-order chi connectivity index (χ0) is 12.8. The van der Waals surface area contributed by atoms with E-state index in [4.69, 9.17) is 0 Å². The number of aliphatic hydroxyl groups excluding tert-OH is 1. The van der Waals surface area contributed by atoms with E-state index in [9.17, 15) is 5.11 Å². The smallest absolute Gasteiger partial charge is 0.0580 e. The van der Waals surface area contributed by atoms with Gasteiger partial charge in [-0.05, 0) is 29.5 Å². The molecule has 2 aromatic carbocycles. The lowest BCUT2D eigenvalue weighted by molar-refractivity contribution is 0.164. The third kappa shape index (κ3) is 3.44. The van der Waals surface area contributed by atoms with Crippen molar-refractivity contribution >= 4 is 0 Å².